The molecule has 0 rings (SSSR count). The van der Waals surface area contributed by atoms with E-state index in [1.807, 2.05) is 0 Å². The van der Waals surface area contributed by atoms with E-state index in [9.17, 15) is 9.59 Å². The van der Waals surface area contributed by atoms with Gasteiger partial charge in [-0.05, 0) is 0 Å². The SMILES string of the molecule is COC(=O)C(=O)[C@@H](O)[C@H](O)[C@@H](O)CO. The third kappa shape index (κ3) is 3.04. The molecule has 0 aromatic rings. The first kappa shape index (κ1) is 13.0. The Labute approximate surface area is 79.5 Å². The predicted octanol–water partition coefficient (Wildman–Crippen LogP) is -3.20. The first-order valence-electron chi connectivity index (χ1n) is 3.73. The average molecular weight is 208 g/mol. The lowest BCUT2D eigenvalue weighted by molar-refractivity contribution is -0.161. The third-order valence-corrected chi connectivity index (χ3v) is 1.56. The molecule has 0 aliphatic carbocycles. The maximum Gasteiger partial charge on any atom is 0.377 e. The number of aliphatic hydroxyl groups is 4. The molecule has 0 unspecified atom stereocenters. The van der Waals surface area contributed by atoms with Crippen molar-refractivity contribution < 1.29 is 34.8 Å². The largest absolute Gasteiger partial charge is 0.463 e. The highest BCUT2D eigenvalue weighted by molar-refractivity contribution is 6.35. The lowest BCUT2D eigenvalue weighted by atomic mass is 10.1. The molecule has 0 spiro atoms. The highest BCUT2D eigenvalue weighted by Crippen LogP contribution is 2.02. The van der Waals surface area contributed by atoms with E-state index in [2.05, 4.69) is 4.74 Å². The highest BCUT2D eigenvalue weighted by atomic mass is 16.5. The molecule has 0 heterocycles. The molecule has 0 aromatic carbocycles. The number of ether oxygens (including phenoxy) is 1. The van der Waals surface area contributed by atoms with E-state index in [1.165, 1.54) is 0 Å². The van der Waals surface area contributed by atoms with Crippen LogP contribution in [0.5, 0.6) is 0 Å². The molecule has 14 heavy (non-hydrogen) atoms. The van der Waals surface area contributed by atoms with Gasteiger partial charge >= 0.3 is 5.97 Å². The monoisotopic (exact) mass is 208 g/mol. The van der Waals surface area contributed by atoms with Crippen LogP contribution in [0.2, 0.25) is 0 Å². The van der Waals surface area contributed by atoms with Crippen LogP contribution in [0.15, 0.2) is 0 Å². The van der Waals surface area contributed by atoms with Crippen LogP contribution >= 0.6 is 0 Å². The van der Waals surface area contributed by atoms with E-state index in [-0.39, 0.29) is 0 Å². The molecule has 0 saturated carbocycles. The number of aliphatic hydroxyl groups excluding tert-OH is 4. The summed E-state index contributed by atoms with van der Waals surface area (Å²) >= 11 is 0. The quantitative estimate of drug-likeness (QED) is 0.277. The van der Waals surface area contributed by atoms with Crippen LogP contribution in [0.4, 0.5) is 0 Å². The van der Waals surface area contributed by atoms with Crippen molar-refractivity contribution in [3.63, 3.8) is 0 Å². The van der Waals surface area contributed by atoms with Crippen LogP contribution in [-0.4, -0.2) is 64.2 Å². The Morgan fingerprint density at radius 2 is 1.79 bits per heavy atom. The molecule has 3 atom stereocenters. The number of carbonyl (C=O) groups excluding carboxylic acids is 2. The molecule has 0 saturated heterocycles. The minimum absolute atomic E-state index is 0.841. The Hall–Kier alpha value is -1.02. The van der Waals surface area contributed by atoms with Crippen LogP contribution in [0.3, 0.4) is 0 Å². The number of Topliss-reactive ketones (excluding diaryl/α,β-unsaturated/α-hetero) is 1. The fourth-order valence-electron chi connectivity index (χ4n) is 0.695. The Balaban J connectivity index is 4.38. The summed E-state index contributed by atoms with van der Waals surface area (Å²) in [6, 6.07) is 0. The van der Waals surface area contributed by atoms with E-state index < -0.39 is 36.7 Å². The van der Waals surface area contributed by atoms with Crippen molar-refractivity contribution in [1.29, 1.82) is 0 Å². The van der Waals surface area contributed by atoms with Gasteiger partial charge in [-0.3, -0.25) is 4.79 Å². The minimum Gasteiger partial charge on any atom is -0.463 e. The van der Waals surface area contributed by atoms with Crippen molar-refractivity contribution in [2.45, 2.75) is 18.3 Å². The number of methoxy groups -OCH3 is 1. The van der Waals surface area contributed by atoms with E-state index in [1.54, 1.807) is 0 Å². The van der Waals surface area contributed by atoms with E-state index in [0.717, 1.165) is 7.11 Å². The Morgan fingerprint density at radius 1 is 1.29 bits per heavy atom. The zero-order valence-corrected chi connectivity index (χ0v) is 7.45. The number of esters is 1. The van der Waals surface area contributed by atoms with Crippen molar-refractivity contribution >= 4 is 11.8 Å². The van der Waals surface area contributed by atoms with Gasteiger partial charge in [0.25, 0.3) is 5.78 Å². The molecule has 0 aromatic heterocycles. The molecule has 0 radical (unpaired) electrons. The summed E-state index contributed by atoms with van der Waals surface area (Å²) in [5.41, 5.74) is 0. The predicted molar refractivity (Wildman–Crippen MR) is 42.1 cm³/mol. The van der Waals surface area contributed by atoms with Gasteiger partial charge in [-0.25, -0.2) is 4.79 Å². The van der Waals surface area contributed by atoms with Gasteiger partial charge in [0.05, 0.1) is 13.7 Å². The first-order chi connectivity index (χ1) is 6.45. The average Bonchev–Trinajstić information content (AvgIpc) is 2.23. The molecule has 0 fully saturated rings. The first-order valence-corrected chi connectivity index (χ1v) is 3.73. The number of rotatable bonds is 5. The number of hydrogen-bond acceptors (Lipinski definition) is 7. The van der Waals surface area contributed by atoms with E-state index >= 15 is 0 Å². The Bertz CT molecular complexity index is 214. The molecule has 7 nitrogen and oxygen atoms in total. The third-order valence-electron chi connectivity index (χ3n) is 1.56. The minimum atomic E-state index is -2.11. The maximum absolute atomic E-state index is 10.9. The zero-order valence-electron chi connectivity index (χ0n) is 7.45. The van der Waals surface area contributed by atoms with Gasteiger partial charge < -0.3 is 25.2 Å². The second-order valence-electron chi connectivity index (χ2n) is 2.54. The van der Waals surface area contributed by atoms with Crippen LogP contribution in [0.25, 0.3) is 0 Å². The summed E-state index contributed by atoms with van der Waals surface area (Å²) in [5, 5.41) is 35.2. The number of carbonyl (C=O) groups is 2. The van der Waals surface area contributed by atoms with Crippen molar-refractivity contribution in [2.24, 2.45) is 0 Å². The molecule has 0 amide bonds. The maximum atomic E-state index is 10.9. The topological polar surface area (TPSA) is 124 Å². The van der Waals surface area contributed by atoms with E-state index in [0.29, 0.717) is 0 Å². The molecular weight excluding hydrogens is 196 g/mol. The van der Waals surface area contributed by atoms with Crippen molar-refractivity contribution in [1.82, 2.24) is 0 Å². The van der Waals surface area contributed by atoms with Crippen LogP contribution in [0, 0.1) is 0 Å². The van der Waals surface area contributed by atoms with Gasteiger partial charge in [-0.15, -0.1) is 0 Å². The van der Waals surface area contributed by atoms with Crippen LogP contribution in [0.1, 0.15) is 0 Å². The van der Waals surface area contributed by atoms with Gasteiger partial charge in [0.2, 0.25) is 0 Å². The van der Waals surface area contributed by atoms with Crippen LogP contribution in [-0.2, 0) is 14.3 Å². The summed E-state index contributed by atoms with van der Waals surface area (Å²) in [5.74, 6) is -2.71. The summed E-state index contributed by atoms with van der Waals surface area (Å²) in [6.07, 6.45) is -5.73. The van der Waals surface area contributed by atoms with Crippen molar-refractivity contribution in [3.05, 3.63) is 0 Å². The van der Waals surface area contributed by atoms with Gasteiger partial charge in [-0.2, -0.15) is 0 Å². The summed E-state index contributed by atoms with van der Waals surface area (Å²) < 4.78 is 3.99. The lowest BCUT2D eigenvalue weighted by Gasteiger charge is -2.19. The van der Waals surface area contributed by atoms with Gasteiger partial charge in [0.15, 0.2) is 6.10 Å². The molecule has 7 heteroatoms. The van der Waals surface area contributed by atoms with Gasteiger partial charge in [0.1, 0.15) is 12.2 Å². The molecule has 0 aliphatic heterocycles. The molecule has 0 aliphatic rings. The van der Waals surface area contributed by atoms with E-state index in [4.69, 9.17) is 20.4 Å². The standard InChI is InChI=1S/C7H12O7/c1-14-7(13)6(12)5(11)4(10)3(9)2-8/h3-5,8-11H,2H2,1H3/t3-,4+,5-/m0/s1. The Morgan fingerprint density at radius 3 is 2.14 bits per heavy atom. The van der Waals surface area contributed by atoms with Gasteiger partial charge in [-0.1, -0.05) is 0 Å². The smallest absolute Gasteiger partial charge is 0.377 e. The molecule has 0 bridgehead atoms. The Kier molecular flexibility index (Phi) is 5.24. The highest BCUT2D eigenvalue weighted by Gasteiger charge is 2.34. The second kappa shape index (κ2) is 5.66. The normalized spacial score (nSPS) is 16.9. The lowest BCUT2D eigenvalue weighted by Crippen LogP contribution is -2.46. The summed E-state index contributed by atoms with van der Waals surface area (Å²) in [6.45, 7) is -0.841. The molecule has 82 valence electrons. The number of hydrogen-bond donors (Lipinski definition) is 4. The zero-order chi connectivity index (χ0) is 11.3. The molecule has 4 N–H and O–H groups in total. The second-order valence-corrected chi connectivity index (χ2v) is 2.54. The summed E-state index contributed by atoms with van der Waals surface area (Å²) in [4.78, 5) is 21.4. The summed E-state index contributed by atoms with van der Waals surface area (Å²) in [7, 11) is 0.932. The fraction of sp³-hybridized carbons (Fsp3) is 0.714. The molecular formula is C7H12O7. The fourth-order valence-corrected chi connectivity index (χ4v) is 0.695. The van der Waals surface area contributed by atoms with Crippen LogP contribution < -0.4 is 0 Å². The van der Waals surface area contributed by atoms with Crippen molar-refractivity contribution in [2.75, 3.05) is 13.7 Å². The van der Waals surface area contributed by atoms with Crippen molar-refractivity contribution in [3.8, 4) is 0 Å². The number of ketones is 1. The van der Waals surface area contributed by atoms with Gasteiger partial charge in [0, 0.05) is 0 Å².